The van der Waals surface area contributed by atoms with Crippen LogP contribution >= 0.6 is 23.4 Å². The summed E-state index contributed by atoms with van der Waals surface area (Å²) in [7, 11) is 1.31. The van der Waals surface area contributed by atoms with Crippen LogP contribution in [0.15, 0.2) is 59.5 Å². The Morgan fingerprint density at radius 3 is 2.41 bits per heavy atom. The number of nitro groups is 2. The van der Waals surface area contributed by atoms with Gasteiger partial charge in [0.2, 0.25) is 11.7 Å². The summed E-state index contributed by atoms with van der Waals surface area (Å²) < 4.78 is 16.0. The molecule has 238 valence electrons. The van der Waals surface area contributed by atoms with E-state index >= 15 is 0 Å². The Labute approximate surface area is 269 Å². The minimum atomic E-state index is -0.823. The molecule has 3 aromatic carbocycles. The summed E-state index contributed by atoms with van der Waals surface area (Å²) in [4.78, 5) is 72.2. The molecule has 4 rings (SSSR count). The van der Waals surface area contributed by atoms with Gasteiger partial charge in [-0.3, -0.25) is 39.5 Å². The van der Waals surface area contributed by atoms with Gasteiger partial charge in [0.25, 0.3) is 16.8 Å². The number of benzene rings is 3. The van der Waals surface area contributed by atoms with Crippen molar-refractivity contribution in [2.75, 3.05) is 25.6 Å². The fourth-order valence-corrected chi connectivity index (χ4v) is 5.02. The number of ether oxygens (including phenoxy) is 3. The molecule has 0 aliphatic carbocycles. The van der Waals surface area contributed by atoms with Gasteiger partial charge < -0.3 is 19.5 Å². The van der Waals surface area contributed by atoms with Crippen molar-refractivity contribution in [2.45, 2.75) is 13.3 Å². The summed E-state index contributed by atoms with van der Waals surface area (Å²) in [6, 6.07) is 11.4. The van der Waals surface area contributed by atoms with Crippen LogP contribution in [0.3, 0.4) is 0 Å². The Morgan fingerprint density at radius 1 is 1.00 bits per heavy atom. The maximum atomic E-state index is 13.0. The normalized spacial score (nSPS) is 13.5. The highest BCUT2D eigenvalue weighted by molar-refractivity contribution is 8.18. The summed E-state index contributed by atoms with van der Waals surface area (Å²) in [6.07, 6.45) is 1.99. The second-order valence-corrected chi connectivity index (χ2v) is 10.7. The number of halogens is 1. The van der Waals surface area contributed by atoms with Gasteiger partial charge >= 0.3 is 11.7 Å². The van der Waals surface area contributed by atoms with Crippen LogP contribution in [0, 0.1) is 20.2 Å². The first kappa shape index (κ1) is 33.4. The number of carbonyl (C=O) groups excluding carboxylic acids is 4. The number of nitrogens with one attached hydrogen (secondary N) is 1. The molecule has 1 N–H and O–H groups in total. The number of nitrogens with zero attached hydrogens (tertiary/aromatic N) is 3. The fourth-order valence-electron chi connectivity index (χ4n) is 3.99. The fraction of sp³-hybridized carbons (Fsp3) is 0.172. The number of imide groups is 1. The van der Waals surface area contributed by atoms with Gasteiger partial charge in [-0.1, -0.05) is 24.6 Å². The number of esters is 1. The Kier molecular flexibility index (Phi) is 10.6. The molecule has 0 unspecified atom stereocenters. The van der Waals surface area contributed by atoms with E-state index in [0.717, 1.165) is 23.1 Å². The molecule has 1 aliphatic rings. The molecule has 3 amide bonds. The SMILES string of the molecule is CCCOC(=O)c1cc(NC(=O)CN2C(=O)S/C(=C/c3ccc(Oc4ccc([N+](=O)[O-])cc4[N+](=O)[O-])c(OC)c3)C2=O)ccc1Cl. The minimum absolute atomic E-state index is 0.00646. The van der Waals surface area contributed by atoms with Gasteiger partial charge in [-0.25, -0.2) is 4.79 Å². The second-order valence-electron chi connectivity index (χ2n) is 9.33. The molecule has 1 fully saturated rings. The summed E-state index contributed by atoms with van der Waals surface area (Å²) in [5.41, 5.74) is -0.491. The quantitative estimate of drug-likeness (QED) is 0.0992. The number of methoxy groups -OCH3 is 1. The van der Waals surface area contributed by atoms with Crippen molar-refractivity contribution in [2.24, 2.45) is 0 Å². The number of nitro benzene ring substituents is 2. The number of non-ortho nitro benzene ring substituents is 1. The average molecular weight is 671 g/mol. The maximum absolute atomic E-state index is 13.0. The Hall–Kier alpha value is -5.48. The molecule has 1 aliphatic heterocycles. The van der Waals surface area contributed by atoms with Crippen molar-refractivity contribution in [3.63, 3.8) is 0 Å². The van der Waals surface area contributed by atoms with Crippen molar-refractivity contribution < 1.29 is 43.2 Å². The third kappa shape index (κ3) is 7.77. The number of rotatable bonds is 12. The molecular formula is C29H23ClN4O11S. The number of amides is 3. The monoisotopic (exact) mass is 670 g/mol. The van der Waals surface area contributed by atoms with Crippen LogP contribution in [0.4, 0.5) is 21.9 Å². The first-order valence-corrected chi connectivity index (χ1v) is 14.4. The van der Waals surface area contributed by atoms with E-state index in [1.165, 1.54) is 49.6 Å². The van der Waals surface area contributed by atoms with Gasteiger partial charge in [0.15, 0.2) is 11.5 Å². The van der Waals surface area contributed by atoms with Gasteiger partial charge in [-0.2, -0.15) is 0 Å². The molecule has 46 heavy (non-hydrogen) atoms. The van der Waals surface area contributed by atoms with Gasteiger partial charge in [0.1, 0.15) is 6.54 Å². The number of thioether (sulfide) groups is 1. The van der Waals surface area contributed by atoms with Crippen LogP contribution in [0.2, 0.25) is 5.02 Å². The minimum Gasteiger partial charge on any atom is -0.493 e. The first-order valence-electron chi connectivity index (χ1n) is 13.2. The van der Waals surface area contributed by atoms with E-state index in [0.29, 0.717) is 23.7 Å². The molecular weight excluding hydrogens is 648 g/mol. The summed E-state index contributed by atoms with van der Waals surface area (Å²) in [5, 5.41) is 24.4. The van der Waals surface area contributed by atoms with E-state index in [-0.39, 0.29) is 45.0 Å². The maximum Gasteiger partial charge on any atom is 0.339 e. The van der Waals surface area contributed by atoms with Gasteiger partial charge in [0, 0.05) is 11.8 Å². The summed E-state index contributed by atoms with van der Waals surface area (Å²) in [6.45, 7) is 1.41. The molecule has 0 atom stereocenters. The van der Waals surface area contributed by atoms with Crippen molar-refractivity contribution in [3.05, 3.63) is 95.9 Å². The highest BCUT2D eigenvalue weighted by Crippen LogP contribution is 2.39. The molecule has 1 heterocycles. The lowest BCUT2D eigenvalue weighted by molar-refractivity contribution is -0.394. The Bertz CT molecular complexity index is 1800. The molecule has 15 nitrogen and oxygen atoms in total. The van der Waals surface area contributed by atoms with E-state index in [1.807, 2.05) is 6.92 Å². The summed E-state index contributed by atoms with van der Waals surface area (Å²) in [5.74, 6) is -2.24. The van der Waals surface area contributed by atoms with Gasteiger partial charge in [0.05, 0.1) is 45.1 Å². The van der Waals surface area contributed by atoms with Crippen LogP contribution in [-0.2, 0) is 14.3 Å². The van der Waals surface area contributed by atoms with Crippen LogP contribution in [0.1, 0.15) is 29.3 Å². The van der Waals surface area contributed by atoms with Crippen molar-refractivity contribution >= 4 is 69.5 Å². The molecule has 0 aromatic heterocycles. The van der Waals surface area contributed by atoms with E-state index in [2.05, 4.69) is 5.32 Å². The van der Waals surface area contributed by atoms with E-state index in [4.69, 9.17) is 25.8 Å². The Balaban J connectivity index is 1.47. The van der Waals surface area contributed by atoms with Crippen LogP contribution in [-0.4, -0.2) is 58.0 Å². The number of hydrogen-bond donors (Lipinski definition) is 1. The van der Waals surface area contributed by atoms with Gasteiger partial charge in [-0.15, -0.1) is 0 Å². The predicted octanol–water partition coefficient (Wildman–Crippen LogP) is 6.20. The van der Waals surface area contributed by atoms with E-state index < -0.39 is 50.8 Å². The lowest BCUT2D eigenvalue weighted by Crippen LogP contribution is -2.36. The molecule has 0 bridgehead atoms. The van der Waals surface area contributed by atoms with Gasteiger partial charge in [-0.05, 0) is 66.2 Å². The van der Waals surface area contributed by atoms with E-state index in [9.17, 15) is 39.4 Å². The zero-order valence-electron chi connectivity index (χ0n) is 24.0. The molecule has 3 aromatic rings. The molecule has 0 radical (unpaired) electrons. The van der Waals surface area contributed by atoms with Crippen molar-refractivity contribution in [1.82, 2.24) is 4.90 Å². The second kappa shape index (κ2) is 14.5. The summed E-state index contributed by atoms with van der Waals surface area (Å²) >= 11 is 6.69. The third-order valence-electron chi connectivity index (χ3n) is 6.14. The molecule has 0 spiro atoms. The topological polar surface area (TPSA) is 198 Å². The molecule has 1 saturated heterocycles. The number of carbonyl (C=O) groups is 4. The Morgan fingerprint density at radius 2 is 1.74 bits per heavy atom. The van der Waals surface area contributed by atoms with Crippen LogP contribution in [0.25, 0.3) is 6.08 Å². The molecule has 17 heteroatoms. The predicted molar refractivity (Wildman–Crippen MR) is 166 cm³/mol. The zero-order valence-corrected chi connectivity index (χ0v) is 25.6. The first-order chi connectivity index (χ1) is 21.9. The van der Waals surface area contributed by atoms with Crippen molar-refractivity contribution in [1.29, 1.82) is 0 Å². The van der Waals surface area contributed by atoms with Crippen LogP contribution < -0.4 is 14.8 Å². The van der Waals surface area contributed by atoms with Crippen LogP contribution in [0.5, 0.6) is 17.2 Å². The van der Waals surface area contributed by atoms with Crippen molar-refractivity contribution in [3.8, 4) is 17.2 Å². The number of anilines is 1. The average Bonchev–Trinajstić information content (AvgIpc) is 3.28. The standard InChI is InChI=1S/C29H23ClN4O11S/c1-3-10-44-28(37)19-13-17(5-7-20(19)30)31-26(35)15-32-27(36)25(46-29(32)38)12-16-4-8-23(24(11-16)43-2)45-22-9-6-18(33(39)40)14-21(22)34(41)42/h4-9,11-14H,3,10,15H2,1-2H3,(H,31,35)/b25-12+. The lowest BCUT2D eigenvalue weighted by Gasteiger charge is -2.13. The van der Waals surface area contributed by atoms with E-state index in [1.54, 1.807) is 0 Å². The highest BCUT2D eigenvalue weighted by atomic mass is 35.5. The lowest BCUT2D eigenvalue weighted by atomic mass is 10.1. The molecule has 0 saturated carbocycles. The smallest absolute Gasteiger partial charge is 0.339 e. The highest BCUT2D eigenvalue weighted by Gasteiger charge is 2.36. The largest absolute Gasteiger partial charge is 0.493 e. The third-order valence-corrected chi connectivity index (χ3v) is 7.37. The zero-order chi connectivity index (χ0) is 33.5. The number of hydrogen-bond acceptors (Lipinski definition) is 12.